The number of anilines is 1. The molecule has 0 unspecified atom stereocenters. The Hall–Kier alpha value is -1.95. The van der Waals surface area contributed by atoms with E-state index in [9.17, 15) is 9.59 Å². The van der Waals surface area contributed by atoms with E-state index in [4.69, 9.17) is 21.1 Å². The summed E-state index contributed by atoms with van der Waals surface area (Å²) in [7, 11) is 0. The largest absolute Gasteiger partial charge is 0.462 e. The molecular formula is C23H35ClN2O4. The van der Waals surface area contributed by atoms with Gasteiger partial charge in [-0.2, -0.15) is 0 Å². The van der Waals surface area contributed by atoms with Crippen LogP contribution in [0.2, 0.25) is 5.02 Å². The molecule has 0 saturated heterocycles. The summed E-state index contributed by atoms with van der Waals surface area (Å²) in [4.78, 5) is 26.7. The summed E-state index contributed by atoms with van der Waals surface area (Å²) in [5.74, 6) is -0.347. The van der Waals surface area contributed by atoms with E-state index in [2.05, 4.69) is 17.1 Å². The molecule has 1 N–H and O–H groups in total. The number of hydrogen-bond acceptors (Lipinski definition) is 5. The molecule has 0 atom stereocenters. The maximum absolute atomic E-state index is 12.4. The molecule has 1 aromatic carbocycles. The fourth-order valence-electron chi connectivity index (χ4n) is 4.02. The van der Waals surface area contributed by atoms with Crippen LogP contribution >= 0.6 is 11.6 Å². The molecule has 168 valence electrons. The predicted octanol–water partition coefficient (Wildman–Crippen LogP) is 5.49. The van der Waals surface area contributed by atoms with Crippen LogP contribution in [0.25, 0.3) is 0 Å². The molecular weight excluding hydrogens is 404 g/mol. The Labute approximate surface area is 185 Å². The number of amides is 1. The van der Waals surface area contributed by atoms with E-state index in [0.29, 0.717) is 23.2 Å². The molecule has 1 aliphatic rings. The fraction of sp³-hybridized carbons (Fsp3) is 0.652. The van der Waals surface area contributed by atoms with Crippen molar-refractivity contribution in [2.75, 3.05) is 18.1 Å². The number of benzene rings is 1. The smallest absolute Gasteiger partial charge is 0.407 e. The van der Waals surface area contributed by atoms with Gasteiger partial charge in [-0.3, -0.25) is 0 Å². The number of nitrogens with one attached hydrogen (secondary N) is 1. The van der Waals surface area contributed by atoms with E-state index >= 15 is 0 Å². The van der Waals surface area contributed by atoms with Crippen molar-refractivity contribution >= 4 is 29.4 Å². The third-order valence-electron chi connectivity index (χ3n) is 5.35. The van der Waals surface area contributed by atoms with Gasteiger partial charge in [-0.25, -0.2) is 9.59 Å². The van der Waals surface area contributed by atoms with E-state index in [-0.39, 0.29) is 18.1 Å². The quantitative estimate of drug-likeness (QED) is 0.595. The number of carbonyl (C=O) groups is 2. The van der Waals surface area contributed by atoms with Gasteiger partial charge in [-0.15, -0.1) is 0 Å². The zero-order valence-electron chi connectivity index (χ0n) is 19.0. The molecule has 0 bridgehead atoms. The second-order valence-electron chi connectivity index (χ2n) is 8.76. The molecule has 1 fully saturated rings. The molecule has 0 aliphatic heterocycles. The molecule has 6 nitrogen and oxygen atoms in total. The summed E-state index contributed by atoms with van der Waals surface area (Å²) in [6, 6.07) is 4.03. The van der Waals surface area contributed by atoms with Crippen molar-refractivity contribution in [2.45, 2.75) is 84.9 Å². The van der Waals surface area contributed by atoms with Gasteiger partial charge in [0, 0.05) is 29.3 Å². The van der Waals surface area contributed by atoms with Crippen LogP contribution in [-0.4, -0.2) is 42.9 Å². The van der Waals surface area contributed by atoms with Gasteiger partial charge >= 0.3 is 12.1 Å². The van der Waals surface area contributed by atoms with Crippen LogP contribution in [0.15, 0.2) is 12.1 Å². The van der Waals surface area contributed by atoms with Gasteiger partial charge in [0.25, 0.3) is 0 Å². The number of ether oxygens (including phenoxy) is 2. The van der Waals surface area contributed by atoms with Crippen molar-refractivity contribution in [2.24, 2.45) is 0 Å². The van der Waals surface area contributed by atoms with E-state index in [0.717, 1.165) is 43.5 Å². The lowest BCUT2D eigenvalue weighted by molar-refractivity contribution is 0.0488. The maximum atomic E-state index is 12.4. The molecule has 1 saturated carbocycles. The Kier molecular flexibility index (Phi) is 8.42. The molecule has 0 radical (unpaired) electrons. The zero-order valence-corrected chi connectivity index (χ0v) is 19.8. The normalized spacial score (nSPS) is 19.2. The average molecular weight is 439 g/mol. The summed E-state index contributed by atoms with van der Waals surface area (Å²) < 4.78 is 10.6. The molecule has 1 amide bonds. The molecule has 0 heterocycles. The number of rotatable bonds is 6. The highest BCUT2D eigenvalue weighted by atomic mass is 35.5. The van der Waals surface area contributed by atoms with Crippen LogP contribution in [0.3, 0.4) is 0 Å². The van der Waals surface area contributed by atoms with Gasteiger partial charge in [-0.1, -0.05) is 11.6 Å². The van der Waals surface area contributed by atoms with E-state index in [1.165, 1.54) is 0 Å². The van der Waals surface area contributed by atoms with Gasteiger partial charge in [0.05, 0.1) is 12.2 Å². The van der Waals surface area contributed by atoms with Crippen LogP contribution in [-0.2, 0) is 9.47 Å². The SMILES string of the molecule is CCOC(=O)c1cc(Cl)cc(N(CC)[C@H]2CC[C@H](NC(=O)OC(C)(C)C)CC2)c1C. The first-order chi connectivity index (χ1) is 14.1. The first-order valence-corrected chi connectivity index (χ1v) is 11.2. The zero-order chi connectivity index (χ0) is 22.5. The first-order valence-electron chi connectivity index (χ1n) is 10.8. The molecule has 0 spiro atoms. The van der Waals surface area contributed by atoms with Gasteiger partial charge in [0.2, 0.25) is 0 Å². The van der Waals surface area contributed by atoms with Crippen molar-refractivity contribution in [3.63, 3.8) is 0 Å². The Bertz CT molecular complexity index is 752. The standard InChI is InChI=1S/C23H35ClN2O4/c1-7-26(20-14-16(24)13-19(15(20)3)21(27)29-8-2)18-11-9-17(10-12-18)25-22(28)30-23(4,5)6/h13-14,17-18H,7-12H2,1-6H3,(H,25,28)/t17-,18-. The van der Waals surface area contributed by atoms with Crippen LogP contribution in [0.4, 0.5) is 10.5 Å². The summed E-state index contributed by atoms with van der Waals surface area (Å²) >= 11 is 6.34. The summed E-state index contributed by atoms with van der Waals surface area (Å²) in [5.41, 5.74) is 1.87. The Morgan fingerprint density at radius 2 is 1.80 bits per heavy atom. The summed E-state index contributed by atoms with van der Waals surface area (Å²) in [6.07, 6.45) is 3.28. The molecule has 1 aliphatic carbocycles. The fourth-order valence-corrected chi connectivity index (χ4v) is 4.23. The highest BCUT2D eigenvalue weighted by molar-refractivity contribution is 6.31. The van der Waals surface area contributed by atoms with E-state index < -0.39 is 5.60 Å². The Morgan fingerprint density at radius 1 is 1.17 bits per heavy atom. The Morgan fingerprint density at radius 3 is 2.33 bits per heavy atom. The number of carbonyl (C=O) groups excluding carboxylic acids is 2. The third kappa shape index (κ3) is 6.53. The maximum Gasteiger partial charge on any atom is 0.407 e. The molecule has 0 aromatic heterocycles. The molecule has 30 heavy (non-hydrogen) atoms. The molecule has 7 heteroatoms. The second-order valence-corrected chi connectivity index (χ2v) is 9.19. The van der Waals surface area contributed by atoms with Crippen molar-refractivity contribution < 1.29 is 19.1 Å². The summed E-state index contributed by atoms with van der Waals surface area (Å²) in [5, 5.41) is 3.51. The monoisotopic (exact) mass is 438 g/mol. The predicted molar refractivity (Wildman–Crippen MR) is 121 cm³/mol. The second kappa shape index (κ2) is 10.4. The van der Waals surface area contributed by atoms with Crippen LogP contribution in [0.1, 0.15) is 76.2 Å². The number of esters is 1. The van der Waals surface area contributed by atoms with Crippen LogP contribution < -0.4 is 10.2 Å². The van der Waals surface area contributed by atoms with Crippen molar-refractivity contribution in [1.29, 1.82) is 0 Å². The number of halogens is 1. The third-order valence-corrected chi connectivity index (χ3v) is 5.57. The lowest BCUT2D eigenvalue weighted by atomic mass is 9.89. The first kappa shape index (κ1) is 24.3. The van der Waals surface area contributed by atoms with Gasteiger partial charge in [0.1, 0.15) is 5.60 Å². The lowest BCUT2D eigenvalue weighted by Crippen LogP contribution is -2.45. The number of nitrogens with zero attached hydrogens (tertiary/aromatic N) is 1. The lowest BCUT2D eigenvalue weighted by Gasteiger charge is -2.39. The minimum Gasteiger partial charge on any atom is -0.462 e. The van der Waals surface area contributed by atoms with Crippen LogP contribution in [0, 0.1) is 6.92 Å². The van der Waals surface area contributed by atoms with Crippen molar-refractivity contribution in [3.05, 3.63) is 28.3 Å². The number of hydrogen-bond donors (Lipinski definition) is 1. The number of alkyl carbamates (subject to hydrolysis) is 1. The highest BCUT2D eigenvalue weighted by Gasteiger charge is 2.29. The van der Waals surface area contributed by atoms with Gasteiger partial charge in [-0.05, 0) is 84.9 Å². The van der Waals surface area contributed by atoms with Crippen molar-refractivity contribution in [1.82, 2.24) is 5.32 Å². The average Bonchev–Trinajstić information content (AvgIpc) is 2.64. The molecule has 2 rings (SSSR count). The van der Waals surface area contributed by atoms with Crippen molar-refractivity contribution in [3.8, 4) is 0 Å². The topological polar surface area (TPSA) is 67.9 Å². The van der Waals surface area contributed by atoms with Gasteiger partial charge < -0.3 is 19.7 Å². The summed E-state index contributed by atoms with van der Waals surface area (Å²) in [6.45, 7) is 12.6. The molecule has 1 aromatic rings. The Balaban J connectivity index is 2.09. The van der Waals surface area contributed by atoms with E-state index in [1.54, 1.807) is 13.0 Å². The highest BCUT2D eigenvalue weighted by Crippen LogP contribution is 2.33. The minimum atomic E-state index is -0.499. The van der Waals surface area contributed by atoms with E-state index in [1.807, 2.05) is 33.8 Å². The van der Waals surface area contributed by atoms with Crippen LogP contribution in [0.5, 0.6) is 0 Å². The van der Waals surface area contributed by atoms with Gasteiger partial charge in [0.15, 0.2) is 0 Å². The minimum absolute atomic E-state index is 0.116.